The summed E-state index contributed by atoms with van der Waals surface area (Å²) >= 11 is 3.25. The first kappa shape index (κ1) is 10.6. The number of hydrogen-bond acceptors (Lipinski definition) is 4. The number of rotatable bonds is 1. The summed E-state index contributed by atoms with van der Waals surface area (Å²) in [5.74, 6) is 0.958. The number of hydrogen-bond donors (Lipinski definition) is 0. The SMILES string of the molecule is CC(C#N)SC1=Nc2ccccc2CS1. The molecule has 4 heteroatoms. The lowest BCUT2D eigenvalue weighted by atomic mass is 10.2. The van der Waals surface area contributed by atoms with Crippen LogP contribution < -0.4 is 0 Å². The first-order valence-electron chi connectivity index (χ1n) is 4.65. The Bertz CT molecular complexity index is 434. The van der Waals surface area contributed by atoms with Crippen molar-refractivity contribution < 1.29 is 0 Å². The molecule has 1 aliphatic rings. The Kier molecular flexibility index (Phi) is 3.34. The Labute approximate surface area is 97.8 Å². The van der Waals surface area contributed by atoms with Gasteiger partial charge in [-0.3, -0.25) is 0 Å². The molecule has 1 unspecified atom stereocenters. The van der Waals surface area contributed by atoms with Crippen LogP contribution in [-0.4, -0.2) is 9.63 Å². The topological polar surface area (TPSA) is 36.1 Å². The number of thioether (sulfide) groups is 2. The summed E-state index contributed by atoms with van der Waals surface area (Å²) in [6.45, 7) is 1.90. The van der Waals surface area contributed by atoms with Crippen LogP contribution in [0.5, 0.6) is 0 Å². The van der Waals surface area contributed by atoms with Gasteiger partial charge in [-0.25, -0.2) is 4.99 Å². The third-order valence-corrected chi connectivity index (χ3v) is 4.20. The molecule has 15 heavy (non-hydrogen) atoms. The maximum Gasteiger partial charge on any atom is 0.132 e. The van der Waals surface area contributed by atoms with E-state index < -0.39 is 0 Å². The lowest BCUT2D eigenvalue weighted by Gasteiger charge is -2.14. The van der Waals surface area contributed by atoms with Gasteiger partial charge in [0.2, 0.25) is 0 Å². The Hall–Kier alpha value is -0.920. The minimum atomic E-state index is -0.0264. The maximum atomic E-state index is 8.73. The highest BCUT2D eigenvalue weighted by Gasteiger charge is 2.14. The molecular formula is C11H10N2S2. The second kappa shape index (κ2) is 4.73. The molecule has 1 heterocycles. The molecule has 76 valence electrons. The quantitative estimate of drug-likeness (QED) is 0.745. The summed E-state index contributed by atoms with van der Waals surface area (Å²) < 4.78 is 1.00. The van der Waals surface area contributed by atoms with E-state index in [2.05, 4.69) is 17.1 Å². The van der Waals surface area contributed by atoms with Crippen LogP contribution in [0.15, 0.2) is 29.3 Å². The van der Waals surface area contributed by atoms with Gasteiger partial charge in [-0.2, -0.15) is 5.26 Å². The number of nitriles is 1. The summed E-state index contributed by atoms with van der Waals surface area (Å²) in [7, 11) is 0. The van der Waals surface area contributed by atoms with Gasteiger partial charge >= 0.3 is 0 Å². The zero-order chi connectivity index (χ0) is 10.7. The molecule has 2 nitrogen and oxygen atoms in total. The molecule has 1 atom stereocenters. The summed E-state index contributed by atoms with van der Waals surface area (Å²) in [5, 5.41) is 8.70. The minimum Gasteiger partial charge on any atom is -0.235 e. The molecule has 1 aromatic carbocycles. The van der Waals surface area contributed by atoms with Crippen molar-refractivity contribution in [2.75, 3.05) is 0 Å². The van der Waals surface area contributed by atoms with E-state index in [0.717, 1.165) is 15.8 Å². The summed E-state index contributed by atoms with van der Waals surface area (Å²) in [4.78, 5) is 4.52. The second-order valence-electron chi connectivity index (χ2n) is 3.18. The summed E-state index contributed by atoms with van der Waals surface area (Å²) in [5.41, 5.74) is 2.32. The number of nitrogens with zero attached hydrogens (tertiary/aromatic N) is 2. The van der Waals surface area contributed by atoms with Crippen molar-refractivity contribution in [3.8, 4) is 6.07 Å². The van der Waals surface area contributed by atoms with Crippen LogP contribution >= 0.6 is 23.5 Å². The van der Waals surface area contributed by atoms with E-state index in [1.807, 2.05) is 25.1 Å². The first-order chi connectivity index (χ1) is 7.29. The lowest BCUT2D eigenvalue weighted by Crippen LogP contribution is -2.00. The van der Waals surface area contributed by atoms with Crippen molar-refractivity contribution in [3.05, 3.63) is 29.8 Å². The predicted octanol–water partition coefficient (Wildman–Crippen LogP) is 3.57. The van der Waals surface area contributed by atoms with Crippen LogP contribution in [0.2, 0.25) is 0 Å². The van der Waals surface area contributed by atoms with Crippen LogP contribution in [0.4, 0.5) is 5.69 Å². The Balaban J connectivity index is 2.19. The largest absolute Gasteiger partial charge is 0.235 e. The summed E-state index contributed by atoms with van der Waals surface area (Å²) in [6, 6.07) is 10.4. The van der Waals surface area contributed by atoms with Crippen LogP contribution in [0, 0.1) is 11.3 Å². The van der Waals surface area contributed by atoms with Crippen molar-refractivity contribution in [2.24, 2.45) is 4.99 Å². The molecule has 0 saturated heterocycles. The van der Waals surface area contributed by atoms with Gasteiger partial charge in [-0.05, 0) is 18.6 Å². The first-order valence-corrected chi connectivity index (χ1v) is 6.52. The van der Waals surface area contributed by atoms with Crippen molar-refractivity contribution >= 4 is 33.6 Å². The van der Waals surface area contributed by atoms with Crippen molar-refractivity contribution in [3.63, 3.8) is 0 Å². The van der Waals surface area contributed by atoms with Crippen LogP contribution in [0.1, 0.15) is 12.5 Å². The maximum absolute atomic E-state index is 8.73. The highest BCUT2D eigenvalue weighted by molar-refractivity contribution is 8.38. The average molecular weight is 234 g/mol. The van der Waals surface area contributed by atoms with Crippen LogP contribution in [0.3, 0.4) is 0 Å². The minimum absolute atomic E-state index is 0.0264. The third kappa shape index (κ3) is 2.55. The second-order valence-corrected chi connectivity index (χ2v) is 5.74. The zero-order valence-corrected chi connectivity index (χ0v) is 9.94. The molecule has 0 amide bonds. The predicted molar refractivity (Wildman–Crippen MR) is 67.5 cm³/mol. The van der Waals surface area contributed by atoms with E-state index in [0.29, 0.717) is 0 Å². The van der Waals surface area contributed by atoms with Crippen molar-refractivity contribution in [2.45, 2.75) is 17.9 Å². The van der Waals surface area contributed by atoms with Crippen molar-refractivity contribution in [1.29, 1.82) is 5.26 Å². The van der Waals surface area contributed by atoms with Gasteiger partial charge in [0.1, 0.15) is 4.38 Å². The summed E-state index contributed by atoms with van der Waals surface area (Å²) in [6.07, 6.45) is 0. The highest BCUT2D eigenvalue weighted by atomic mass is 32.2. The van der Waals surface area contributed by atoms with E-state index in [1.54, 1.807) is 11.8 Å². The normalized spacial score (nSPS) is 16.1. The van der Waals surface area contributed by atoms with E-state index in [1.165, 1.54) is 17.3 Å². The van der Waals surface area contributed by atoms with E-state index in [-0.39, 0.29) is 5.25 Å². The molecule has 0 radical (unpaired) electrons. The van der Waals surface area contributed by atoms with Gasteiger partial charge in [0.15, 0.2) is 0 Å². The fraction of sp³-hybridized carbons (Fsp3) is 0.273. The molecule has 2 rings (SSSR count). The molecule has 1 aliphatic heterocycles. The smallest absolute Gasteiger partial charge is 0.132 e. The fourth-order valence-electron chi connectivity index (χ4n) is 1.25. The Morgan fingerprint density at radius 1 is 1.53 bits per heavy atom. The molecule has 0 bridgehead atoms. The molecule has 0 fully saturated rings. The molecule has 0 saturated carbocycles. The zero-order valence-electron chi connectivity index (χ0n) is 8.30. The fourth-order valence-corrected chi connectivity index (χ4v) is 3.32. The highest BCUT2D eigenvalue weighted by Crippen LogP contribution is 2.35. The lowest BCUT2D eigenvalue weighted by molar-refractivity contribution is 1.25. The van der Waals surface area contributed by atoms with Crippen LogP contribution in [0.25, 0.3) is 0 Å². The molecule has 0 aliphatic carbocycles. The standard InChI is InChI=1S/C11H10N2S2/c1-8(6-12)15-11-13-10-5-3-2-4-9(10)7-14-11/h2-5,8H,7H2,1H3. The number of benzene rings is 1. The molecule has 0 N–H and O–H groups in total. The van der Waals surface area contributed by atoms with E-state index in [4.69, 9.17) is 5.26 Å². The molecule has 0 spiro atoms. The molecular weight excluding hydrogens is 224 g/mol. The number of fused-ring (bicyclic) bond motifs is 1. The Morgan fingerprint density at radius 2 is 2.33 bits per heavy atom. The Morgan fingerprint density at radius 3 is 3.13 bits per heavy atom. The monoisotopic (exact) mass is 234 g/mol. The van der Waals surface area contributed by atoms with Gasteiger partial charge in [-0.1, -0.05) is 41.7 Å². The molecule has 0 aromatic heterocycles. The van der Waals surface area contributed by atoms with Crippen molar-refractivity contribution in [1.82, 2.24) is 0 Å². The third-order valence-electron chi connectivity index (χ3n) is 2.01. The van der Waals surface area contributed by atoms with Crippen LogP contribution in [-0.2, 0) is 5.75 Å². The van der Waals surface area contributed by atoms with Gasteiger partial charge in [0.25, 0.3) is 0 Å². The average Bonchev–Trinajstić information content (AvgIpc) is 2.29. The van der Waals surface area contributed by atoms with Gasteiger partial charge in [0.05, 0.1) is 17.0 Å². The van der Waals surface area contributed by atoms with Gasteiger partial charge in [-0.15, -0.1) is 0 Å². The van der Waals surface area contributed by atoms with Gasteiger partial charge < -0.3 is 0 Å². The van der Waals surface area contributed by atoms with Gasteiger partial charge in [0, 0.05) is 5.75 Å². The molecule has 1 aromatic rings. The number of para-hydroxylation sites is 1. The van der Waals surface area contributed by atoms with E-state index >= 15 is 0 Å². The van der Waals surface area contributed by atoms with E-state index in [9.17, 15) is 0 Å². The number of aliphatic imine (C=N–C) groups is 1.